The van der Waals surface area contributed by atoms with E-state index in [1.807, 2.05) is 26.0 Å². The minimum absolute atomic E-state index is 0.187. The van der Waals surface area contributed by atoms with E-state index in [4.69, 9.17) is 5.11 Å². The fourth-order valence-electron chi connectivity index (χ4n) is 0.632. The van der Waals surface area contributed by atoms with E-state index in [-0.39, 0.29) is 5.92 Å². The Labute approximate surface area is 56.7 Å². The first-order valence-corrected chi connectivity index (χ1v) is 3.15. The molecule has 0 bridgehead atoms. The second kappa shape index (κ2) is 4.33. The van der Waals surface area contributed by atoms with Gasteiger partial charge in [0.1, 0.15) is 0 Å². The van der Waals surface area contributed by atoms with Crippen molar-refractivity contribution < 1.29 is 5.11 Å². The number of aliphatic hydroxyl groups excluding tert-OH is 1. The summed E-state index contributed by atoms with van der Waals surface area (Å²) in [4.78, 5) is 0. The van der Waals surface area contributed by atoms with Crippen LogP contribution in [0.25, 0.3) is 0 Å². The van der Waals surface area contributed by atoms with Gasteiger partial charge in [0.2, 0.25) is 0 Å². The van der Waals surface area contributed by atoms with E-state index in [2.05, 4.69) is 6.58 Å². The lowest BCUT2D eigenvalue weighted by molar-refractivity contribution is 0.185. The van der Waals surface area contributed by atoms with E-state index in [1.165, 1.54) is 0 Å². The van der Waals surface area contributed by atoms with Gasteiger partial charge in [-0.3, -0.25) is 0 Å². The molecule has 0 radical (unpaired) electrons. The quantitative estimate of drug-likeness (QED) is 0.571. The zero-order valence-electron chi connectivity index (χ0n) is 6.04. The summed E-state index contributed by atoms with van der Waals surface area (Å²) < 4.78 is 0. The summed E-state index contributed by atoms with van der Waals surface area (Å²) in [6.07, 6.45) is 5.02. The number of rotatable bonds is 3. The molecule has 0 aliphatic rings. The minimum Gasteiger partial charge on any atom is -0.388 e. The smallest absolute Gasteiger partial charge is 0.0778 e. The minimum atomic E-state index is -0.402. The molecule has 0 saturated heterocycles. The largest absolute Gasteiger partial charge is 0.388 e. The van der Waals surface area contributed by atoms with E-state index in [0.717, 1.165) is 0 Å². The molecule has 0 aliphatic carbocycles. The normalized spacial score (nSPS) is 17.7. The van der Waals surface area contributed by atoms with Gasteiger partial charge >= 0.3 is 0 Å². The molecule has 0 heterocycles. The predicted octanol–water partition coefficient (Wildman–Crippen LogP) is 1.75. The van der Waals surface area contributed by atoms with Crippen LogP contribution in [0.2, 0.25) is 0 Å². The maximum atomic E-state index is 9.09. The fourth-order valence-corrected chi connectivity index (χ4v) is 0.632. The lowest BCUT2D eigenvalue weighted by Crippen LogP contribution is -2.11. The Hall–Kier alpha value is -0.560. The number of aliphatic hydroxyl groups is 1. The summed E-state index contributed by atoms with van der Waals surface area (Å²) >= 11 is 0. The Morgan fingerprint density at radius 3 is 2.44 bits per heavy atom. The Morgan fingerprint density at radius 1 is 1.56 bits per heavy atom. The Bertz CT molecular complexity index is 105. The standard InChI is InChI=1S/C8H14O/c1-4-6-7(3)8(9)5-2/h4-9H,2H2,1,3H3/b6-4-/t7-,8-/m0/s1. The lowest BCUT2D eigenvalue weighted by Gasteiger charge is -2.08. The van der Waals surface area contributed by atoms with Crippen molar-refractivity contribution in [2.45, 2.75) is 20.0 Å². The van der Waals surface area contributed by atoms with Gasteiger partial charge in [0.25, 0.3) is 0 Å². The molecular weight excluding hydrogens is 112 g/mol. The lowest BCUT2D eigenvalue weighted by atomic mass is 10.1. The molecule has 0 aromatic rings. The third-order valence-electron chi connectivity index (χ3n) is 1.28. The average Bonchev–Trinajstić information content (AvgIpc) is 1.87. The van der Waals surface area contributed by atoms with Gasteiger partial charge in [0.15, 0.2) is 0 Å². The highest BCUT2D eigenvalue weighted by Gasteiger charge is 2.04. The van der Waals surface area contributed by atoms with Crippen LogP contribution in [-0.4, -0.2) is 11.2 Å². The van der Waals surface area contributed by atoms with E-state index in [1.54, 1.807) is 6.08 Å². The molecule has 1 heteroatoms. The third-order valence-corrected chi connectivity index (χ3v) is 1.28. The van der Waals surface area contributed by atoms with Crippen molar-refractivity contribution in [3.8, 4) is 0 Å². The second-order valence-corrected chi connectivity index (χ2v) is 2.11. The summed E-state index contributed by atoms with van der Waals surface area (Å²) in [6.45, 7) is 7.37. The number of allylic oxidation sites excluding steroid dienone is 1. The Kier molecular flexibility index (Phi) is 4.06. The van der Waals surface area contributed by atoms with Crippen LogP contribution < -0.4 is 0 Å². The first kappa shape index (κ1) is 8.44. The highest BCUT2D eigenvalue weighted by Crippen LogP contribution is 2.04. The Balaban J connectivity index is 3.71. The van der Waals surface area contributed by atoms with E-state index in [0.29, 0.717) is 0 Å². The topological polar surface area (TPSA) is 20.2 Å². The van der Waals surface area contributed by atoms with Gasteiger partial charge in [-0.1, -0.05) is 25.2 Å². The van der Waals surface area contributed by atoms with Gasteiger partial charge in [-0.15, -0.1) is 6.58 Å². The molecule has 0 aromatic heterocycles. The van der Waals surface area contributed by atoms with Crippen LogP contribution in [0.5, 0.6) is 0 Å². The van der Waals surface area contributed by atoms with Crippen LogP contribution >= 0.6 is 0 Å². The summed E-state index contributed by atoms with van der Waals surface area (Å²) in [5.41, 5.74) is 0. The molecule has 9 heavy (non-hydrogen) atoms. The molecule has 52 valence electrons. The molecule has 1 nitrogen and oxygen atoms in total. The summed E-state index contributed by atoms with van der Waals surface area (Å²) in [5, 5.41) is 9.09. The van der Waals surface area contributed by atoms with Gasteiger partial charge in [-0.25, -0.2) is 0 Å². The van der Waals surface area contributed by atoms with Gasteiger partial charge in [0.05, 0.1) is 6.10 Å². The molecule has 0 saturated carbocycles. The van der Waals surface area contributed by atoms with Crippen LogP contribution in [0.4, 0.5) is 0 Å². The summed E-state index contributed by atoms with van der Waals surface area (Å²) in [6, 6.07) is 0. The molecule has 0 fully saturated rings. The monoisotopic (exact) mass is 126 g/mol. The van der Waals surface area contributed by atoms with Crippen LogP contribution in [0.15, 0.2) is 24.8 Å². The van der Waals surface area contributed by atoms with Crippen molar-refractivity contribution in [3.05, 3.63) is 24.8 Å². The molecule has 1 N–H and O–H groups in total. The molecule has 0 rings (SSSR count). The SMILES string of the molecule is C=C[C@H](O)[C@@H](C)/C=C\C. The van der Waals surface area contributed by atoms with Crippen molar-refractivity contribution in [1.82, 2.24) is 0 Å². The number of hydrogen-bond acceptors (Lipinski definition) is 1. The van der Waals surface area contributed by atoms with Crippen molar-refractivity contribution in [2.75, 3.05) is 0 Å². The summed E-state index contributed by atoms with van der Waals surface area (Å²) in [7, 11) is 0. The molecule has 0 spiro atoms. The molecule has 2 atom stereocenters. The summed E-state index contributed by atoms with van der Waals surface area (Å²) in [5.74, 6) is 0.187. The van der Waals surface area contributed by atoms with E-state index < -0.39 is 6.10 Å². The Morgan fingerprint density at radius 2 is 2.11 bits per heavy atom. The molecule has 0 unspecified atom stereocenters. The van der Waals surface area contributed by atoms with E-state index in [9.17, 15) is 0 Å². The van der Waals surface area contributed by atoms with Crippen molar-refractivity contribution in [2.24, 2.45) is 5.92 Å². The van der Waals surface area contributed by atoms with Gasteiger partial charge in [0, 0.05) is 5.92 Å². The van der Waals surface area contributed by atoms with Crippen LogP contribution in [0, 0.1) is 5.92 Å². The van der Waals surface area contributed by atoms with Crippen molar-refractivity contribution >= 4 is 0 Å². The first-order valence-electron chi connectivity index (χ1n) is 3.15. The van der Waals surface area contributed by atoms with E-state index >= 15 is 0 Å². The first-order chi connectivity index (χ1) is 4.22. The van der Waals surface area contributed by atoms with Gasteiger partial charge in [-0.05, 0) is 6.92 Å². The van der Waals surface area contributed by atoms with Gasteiger partial charge < -0.3 is 5.11 Å². The van der Waals surface area contributed by atoms with Crippen LogP contribution in [0.3, 0.4) is 0 Å². The van der Waals surface area contributed by atoms with Crippen molar-refractivity contribution in [3.63, 3.8) is 0 Å². The molecular formula is C8H14O. The zero-order chi connectivity index (χ0) is 7.28. The predicted molar refractivity (Wildman–Crippen MR) is 40.2 cm³/mol. The number of hydrogen-bond donors (Lipinski definition) is 1. The molecule has 0 amide bonds. The third kappa shape index (κ3) is 3.09. The highest BCUT2D eigenvalue weighted by atomic mass is 16.3. The van der Waals surface area contributed by atoms with Crippen LogP contribution in [0.1, 0.15) is 13.8 Å². The van der Waals surface area contributed by atoms with Gasteiger partial charge in [-0.2, -0.15) is 0 Å². The zero-order valence-corrected chi connectivity index (χ0v) is 6.04. The molecule has 0 aliphatic heterocycles. The molecule has 0 aromatic carbocycles. The maximum Gasteiger partial charge on any atom is 0.0778 e. The average molecular weight is 126 g/mol. The van der Waals surface area contributed by atoms with Crippen LogP contribution in [-0.2, 0) is 0 Å². The fraction of sp³-hybridized carbons (Fsp3) is 0.500. The van der Waals surface area contributed by atoms with Crippen molar-refractivity contribution in [1.29, 1.82) is 0 Å². The maximum absolute atomic E-state index is 9.09. The second-order valence-electron chi connectivity index (χ2n) is 2.11. The highest BCUT2D eigenvalue weighted by molar-refractivity contribution is 4.93.